The van der Waals surface area contributed by atoms with Crippen LogP contribution in [0.4, 0.5) is 11.5 Å². The lowest BCUT2D eigenvalue weighted by Gasteiger charge is -2.20. The van der Waals surface area contributed by atoms with Crippen LogP contribution >= 0.6 is 0 Å². The van der Waals surface area contributed by atoms with Crippen molar-refractivity contribution in [1.29, 1.82) is 0 Å². The Morgan fingerprint density at radius 2 is 1.77 bits per heavy atom. The fourth-order valence-corrected chi connectivity index (χ4v) is 3.85. The molecular formula is C27H28N4O4. The Labute approximate surface area is 203 Å². The Morgan fingerprint density at radius 3 is 2.49 bits per heavy atom. The van der Waals surface area contributed by atoms with Gasteiger partial charge >= 0.3 is 11.6 Å². The number of nitrogen functional groups attached to an aromatic ring is 1. The molecule has 0 fully saturated rings. The largest absolute Gasteiger partial charge is 0.459 e. The van der Waals surface area contributed by atoms with Gasteiger partial charge in [-0.15, -0.1) is 0 Å². The number of ether oxygens (including phenoxy) is 1. The second kappa shape index (κ2) is 10.8. The van der Waals surface area contributed by atoms with Crippen molar-refractivity contribution in [3.63, 3.8) is 0 Å². The van der Waals surface area contributed by atoms with Gasteiger partial charge in [0.25, 0.3) is 0 Å². The predicted molar refractivity (Wildman–Crippen MR) is 136 cm³/mol. The fourth-order valence-electron chi connectivity index (χ4n) is 3.85. The van der Waals surface area contributed by atoms with Gasteiger partial charge in [-0.05, 0) is 55.7 Å². The van der Waals surface area contributed by atoms with Gasteiger partial charge in [0.15, 0.2) is 5.78 Å². The maximum atomic E-state index is 12.8. The minimum atomic E-state index is -0.601. The number of nitrogens with zero attached hydrogens (tertiary/aromatic N) is 3. The first kappa shape index (κ1) is 23.9. The summed E-state index contributed by atoms with van der Waals surface area (Å²) in [5, 5.41) is 0.734. The third-order valence-corrected chi connectivity index (χ3v) is 5.84. The zero-order valence-electron chi connectivity index (χ0n) is 19.9. The number of fused-ring (bicyclic) bond motifs is 1. The van der Waals surface area contributed by atoms with Crippen molar-refractivity contribution in [2.24, 2.45) is 0 Å². The molecule has 0 aliphatic heterocycles. The average molecular weight is 473 g/mol. The zero-order valence-corrected chi connectivity index (χ0v) is 19.9. The minimum absolute atomic E-state index is 0.0836. The highest BCUT2D eigenvalue weighted by molar-refractivity contribution is 5.98. The Morgan fingerprint density at radius 1 is 1.03 bits per heavy atom. The van der Waals surface area contributed by atoms with Crippen LogP contribution in [0.5, 0.6) is 6.01 Å². The van der Waals surface area contributed by atoms with Gasteiger partial charge in [0.2, 0.25) is 0 Å². The first-order valence-corrected chi connectivity index (χ1v) is 11.6. The second-order valence-corrected chi connectivity index (χ2v) is 8.13. The Bertz CT molecular complexity index is 1380. The minimum Gasteiger partial charge on any atom is -0.459 e. The molecule has 180 valence electrons. The van der Waals surface area contributed by atoms with Crippen LogP contribution in [0, 0.1) is 0 Å². The van der Waals surface area contributed by atoms with E-state index in [-0.39, 0.29) is 23.8 Å². The molecule has 0 amide bonds. The van der Waals surface area contributed by atoms with Crippen LogP contribution in [-0.2, 0) is 13.0 Å². The van der Waals surface area contributed by atoms with Crippen LogP contribution in [0.3, 0.4) is 0 Å². The molecule has 2 aromatic heterocycles. The number of hydrogen-bond donors (Lipinski definition) is 1. The molecule has 4 aromatic rings. The molecule has 0 aliphatic carbocycles. The molecule has 8 nitrogen and oxygen atoms in total. The van der Waals surface area contributed by atoms with E-state index in [1.165, 1.54) is 6.20 Å². The van der Waals surface area contributed by atoms with Crippen LogP contribution in [0.2, 0.25) is 0 Å². The number of hydrogen-bond acceptors (Lipinski definition) is 8. The van der Waals surface area contributed by atoms with Gasteiger partial charge in [-0.1, -0.05) is 24.3 Å². The monoisotopic (exact) mass is 472 g/mol. The van der Waals surface area contributed by atoms with Crippen LogP contribution in [-0.4, -0.2) is 28.8 Å². The summed E-state index contributed by atoms with van der Waals surface area (Å²) in [6.07, 6.45) is 2.26. The van der Waals surface area contributed by atoms with Crippen molar-refractivity contribution in [1.82, 2.24) is 9.97 Å². The topological polar surface area (TPSA) is 112 Å². The highest BCUT2D eigenvalue weighted by atomic mass is 16.5. The molecule has 35 heavy (non-hydrogen) atoms. The summed E-state index contributed by atoms with van der Waals surface area (Å²) < 4.78 is 11.0. The van der Waals surface area contributed by atoms with E-state index in [9.17, 15) is 9.59 Å². The first-order valence-electron chi connectivity index (χ1n) is 11.6. The van der Waals surface area contributed by atoms with E-state index in [4.69, 9.17) is 14.9 Å². The van der Waals surface area contributed by atoms with Crippen LogP contribution in [0.15, 0.2) is 70.0 Å². The van der Waals surface area contributed by atoms with Gasteiger partial charge in [0.1, 0.15) is 23.6 Å². The number of ketones is 1. The number of aromatic nitrogens is 2. The van der Waals surface area contributed by atoms with Gasteiger partial charge in [-0.2, -0.15) is 4.98 Å². The third-order valence-electron chi connectivity index (χ3n) is 5.84. The number of aryl methyl sites for hydroxylation is 1. The van der Waals surface area contributed by atoms with Crippen LogP contribution < -0.4 is 21.0 Å². The third kappa shape index (κ3) is 5.84. The molecule has 0 aliphatic rings. The number of anilines is 2. The number of carbonyl (C=O) groups excluding carboxylic acids is 1. The molecule has 4 rings (SSSR count). The molecule has 0 atom stereocenters. The van der Waals surface area contributed by atoms with E-state index < -0.39 is 5.63 Å². The van der Waals surface area contributed by atoms with Crippen molar-refractivity contribution in [2.75, 3.05) is 23.7 Å². The van der Waals surface area contributed by atoms with Crippen LogP contribution in [0.1, 0.15) is 41.8 Å². The molecule has 2 aromatic carbocycles. The highest BCUT2D eigenvalue weighted by Gasteiger charge is 2.15. The van der Waals surface area contributed by atoms with Gasteiger partial charge in [-0.25, -0.2) is 9.78 Å². The number of Topliss-reactive ketones (excluding diaryl/α,β-unsaturated/α-hetero) is 1. The van der Waals surface area contributed by atoms with Gasteiger partial charge in [0, 0.05) is 42.8 Å². The summed E-state index contributed by atoms with van der Waals surface area (Å²) in [5.41, 5.74) is 8.49. The number of nitrogens with two attached hydrogens (primary N) is 1. The molecular weight excluding hydrogens is 444 g/mol. The van der Waals surface area contributed by atoms with E-state index in [1.54, 1.807) is 12.1 Å². The lowest BCUT2D eigenvalue weighted by atomic mass is 10.0. The Kier molecular flexibility index (Phi) is 7.40. The Balaban J connectivity index is 1.38. The summed E-state index contributed by atoms with van der Waals surface area (Å²) in [5.74, 6) is 0.111. The molecule has 2 N–H and O–H groups in total. The van der Waals surface area contributed by atoms with Gasteiger partial charge in [-0.3, -0.25) is 4.79 Å². The first-order chi connectivity index (χ1) is 17.0. The zero-order chi connectivity index (χ0) is 24.8. The van der Waals surface area contributed by atoms with E-state index in [2.05, 4.69) is 28.7 Å². The molecule has 0 bridgehead atoms. The van der Waals surface area contributed by atoms with Crippen molar-refractivity contribution in [3.05, 3.63) is 87.9 Å². The fraction of sp³-hybridized carbons (Fsp3) is 0.259. The second-order valence-electron chi connectivity index (χ2n) is 8.13. The maximum Gasteiger partial charge on any atom is 0.347 e. The van der Waals surface area contributed by atoms with Gasteiger partial charge in [0.05, 0.1) is 0 Å². The molecule has 0 spiro atoms. The standard InChI is InChI=1S/C27H28N4O4/c1-3-31(4-2)21-11-10-20-15-22(26(33)35-24(20)16-21)23(32)12-9-18-5-7-19(8-6-18)17-34-27-29-14-13-25(28)30-27/h5-8,10-11,13-16H,3-4,9,12,17H2,1-2H3,(H2,28,29,30). The van der Waals surface area contributed by atoms with E-state index in [0.717, 1.165) is 35.3 Å². The van der Waals surface area contributed by atoms with Crippen LogP contribution in [0.25, 0.3) is 11.0 Å². The van der Waals surface area contributed by atoms with E-state index >= 15 is 0 Å². The van der Waals surface area contributed by atoms with E-state index in [1.807, 2.05) is 42.5 Å². The lowest BCUT2D eigenvalue weighted by molar-refractivity contribution is 0.0979. The van der Waals surface area contributed by atoms with Crippen molar-refractivity contribution < 1.29 is 13.9 Å². The van der Waals surface area contributed by atoms with Gasteiger partial charge < -0.3 is 19.8 Å². The highest BCUT2D eigenvalue weighted by Crippen LogP contribution is 2.22. The number of benzene rings is 2. The average Bonchev–Trinajstić information content (AvgIpc) is 2.87. The summed E-state index contributed by atoms with van der Waals surface area (Å²) in [7, 11) is 0. The SMILES string of the molecule is CCN(CC)c1ccc2cc(C(=O)CCc3ccc(COc4nccc(N)n4)cc3)c(=O)oc2c1. The lowest BCUT2D eigenvalue weighted by Crippen LogP contribution is -2.21. The van der Waals surface area contributed by atoms with Crippen molar-refractivity contribution >= 4 is 28.3 Å². The normalized spacial score (nSPS) is 10.9. The Hall–Kier alpha value is -4.20. The summed E-state index contributed by atoms with van der Waals surface area (Å²) in [4.78, 5) is 35.5. The molecule has 0 radical (unpaired) electrons. The van der Waals surface area contributed by atoms with E-state index in [0.29, 0.717) is 24.4 Å². The molecule has 8 heteroatoms. The maximum absolute atomic E-state index is 12.8. The van der Waals surface area contributed by atoms with Crippen molar-refractivity contribution in [2.45, 2.75) is 33.3 Å². The molecule has 0 saturated heterocycles. The smallest absolute Gasteiger partial charge is 0.347 e. The predicted octanol–water partition coefficient (Wildman–Crippen LogP) is 4.41. The molecule has 0 unspecified atom stereocenters. The number of rotatable bonds is 10. The summed E-state index contributed by atoms with van der Waals surface area (Å²) in [6, 6.07) is 16.9. The quantitative estimate of drug-likeness (QED) is 0.267. The summed E-state index contributed by atoms with van der Waals surface area (Å²) >= 11 is 0. The number of carbonyl (C=O) groups is 1. The molecule has 0 saturated carbocycles. The molecule has 2 heterocycles. The van der Waals surface area contributed by atoms with Crippen molar-refractivity contribution in [3.8, 4) is 6.01 Å². The summed E-state index contributed by atoms with van der Waals surface area (Å²) in [6.45, 7) is 6.16.